The van der Waals surface area contributed by atoms with E-state index < -0.39 is 0 Å². The fraction of sp³-hybridized carbons (Fsp3) is 0.667. The Morgan fingerprint density at radius 3 is 2.62 bits per heavy atom. The number of ether oxygens (including phenoxy) is 1. The van der Waals surface area contributed by atoms with E-state index in [9.17, 15) is 4.79 Å². The number of methoxy groups -OCH3 is 1. The molecular weight excluding hydrogens is 392 g/mol. The molecule has 0 aliphatic carbocycles. The molecule has 1 aromatic rings. The first kappa shape index (κ1) is 19.7. The maximum absolute atomic E-state index is 11.4. The van der Waals surface area contributed by atoms with E-state index in [4.69, 9.17) is 4.74 Å². The fourth-order valence-corrected chi connectivity index (χ4v) is 4.74. The highest BCUT2D eigenvalue weighted by molar-refractivity contribution is 9.10. The average Bonchev–Trinajstić information content (AvgIpc) is 3.09. The zero-order chi connectivity index (χ0) is 18.5. The standard InChI is InChI=1S/C21H31BrN2O2/c1-16(25)24-11-7-17(8-12-24)5-9-23-10-6-18(15-23)13-19-14-20(26-2)3-4-21(19)22/h3-4,14,17-18H,5-13,15H2,1-2H3. The molecule has 26 heavy (non-hydrogen) atoms. The highest BCUT2D eigenvalue weighted by Crippen LogP contribution is 2.29. The Kier molecular flexibility index (Phi) is 6.98. The number of hydrogen-bond donors (Lipinski definition) is 0. The lowest BCUT2D eigenvalue weighted by atomic mass is 9.93. The monoisotopic (exact) mass is 422 g/mol. The van der Waals surface area contributed by atoms with Gasteiger partial charge in [0.2, 0.25) is 5.91 Å². The minimum Gasteiger partial charge on any atom is -0.497 e. The predicted octanol–water partition coefficient (Wildman–Crippen LogP) is 3.97. The largest absolute Gasteiger partial charge is 0.497 e. The fourth-order valence-electron chi connectivity index (χ4n) is 4.33. The van der Waals surface area contributed by atoms with E-state index in [1.54, 1.807) is 14.0 Å². The van der Waals surface area contributed by atoms with Crippen LogP contribution in [0.1, 0.15) is 38.2 Å². The summed E-state index contributed by atoms with van der Waals surface area (Å²) in [5.74, 6) is 2.69. The van der Waals surface area contributed by atoms with Crippen molar-refractivity contribution >= 4 is 21.8 Å². The predicted molar refractivity (Wildman–Crippen MR) is 109 cm³/mol. The van der Waals surface area contributed by atoms with Gasteiger partial charge in [-0.05, 0) is 80.8 Å². The molecule has 1 amide bonds. The van der Waals surface area contributed by atoms with Gasteiger partial charge in [0.1, 0.15) is 5.75 Å². The van der Waals surface area contributed by atoms with Crippen LogP contribution in [0.3, 0.4) is 0 Å². The second kappa shape index (κ2) is 9.23. The summed E-state index contributed by atoms with van der Waals surface area (Å²) in [6, 6.07) is 6.26. The zero-order valence-electron chi connectivity index (χ0n) is 16.0. The van der Waals surface area contributed by atoms with Gasteiger partial charge in [0, 0.05) is 31.0 Å². The highest BCUT2D eigenvalue weighted by atomic mass is 79.9. The van der Waals surface area contributed by atoms with E-state index in [0.717, 1.165) is 37.1 Å². The number of nitrogens with zero attached hydrogens (tertiary/aromatic N) is 2. The molecule has 0 aromatic heterocycles. The summed E-state index contributed by atoms with van der Waals surface area (Å²) in [6.45, 7) is 7.22. The van der Waals surface area contributed by atoms with Crippen LogP contribution in [-0.4, -0.2) is 55.5 Å². The Morgan fingerprint density at radius 1 is 1.19 bits per heavy atom. The number of halogens is 1. The molecule has 4 nitrogen and oxygen atoms in total. The summed E-state index contributed by atoms with van der Waals surface area (Å²) >= 11 is 3.68. The van der Waals surface area contributed by atoms with Crippen molar-refractivity contribution < 1.29 is 9.53 Å². The maximum Gasteiger partial charge on any atom is 0.219 e. The van der Waals surface area contributed by atoms with E-state index in [2.05, 4.69) is 33.0 Å². The van der Waals surface area contributed by atoms with Crippen LogP contribution < -0.4 is 4.74 Å². The summed E-state index contributed by atoms with van der Waals surface area (Å²) in [5, 5.41) is 0. The SMILES string of the molecule is COc1ccc(Br)c(CC2CCN(CCC3CCN(C(C)=O)CC3)C2)c1. The Labute approximate surface area is 166 Å². The molecule has 1 unspecified atom stereocenters. The Hall–Kier alpha value is -1.07. The number of carbonyl (C=O) groups is 1. The van der Waals surface area contributed by atoms with Crippen molar-refractivity contribution in [2.45, 2.75) is 39.0 Å². The molecule has 2 fully saturated rings. The van der Waals surface area contributed by atoms with Crippen LogP contribution in [0, 0.1) is 11.8 Å². The molecule has 144 valence electrons. The molecular formula is C21H31BrN2O2. The molecule has 0 radical (unpaired) electrons. The van der Waals surface area contributed by atoms with Gasteiger partial charge < -0.3 is 14.5 Å². The third-order valence-corrected chi connectivity index (χ3v) is 6.82. The second-order valence-corrected chi connectivity index (χ2v) is 8.71. The molecule has 0 bridgehead atoms. The van der Waals surface area contributed by atoms with Crippen molar-refractivity contribution in [2.24, 2.45) is 11.8 Å². The smallest absolute Gasteiger partial charge is 0.219 e. The Balaban J connectivity index is 1.41. The van der Waals surface area contributed by atoms with Gasteiger partial charge >= 0.3 is 0 Å². The van der Waals surface area contributed by atoms with Gasteiger partial charge in [-0.15, -0.1) is 0 Å². The van der Waals surface area contributed by atoms with Crippen molar-refractivity contribution in [2.75, 3.05) is 39.8 Å². The zero-order valence-corrected chi connectivity index (χ0v) is 17.6. The molecule has 0 saturated carbocycles. The van der Waals surface area contributed by atoms with Gasteiger partial charge in [0.25, 0.3) is 0 Å². The van der Waals surface area contributed by atoms with Gasteiger partial charge in [-0.25, -0.2) is 0 Å². The number of hydrogen-bond acceptors (Lipinski definition) is 3. The molecule has 2 saturated heterocycles. The molecule has 2 heterocycles. The maximum atomic E-state index is 11.4. The Morgan fingerprint density at radius 2 is 1.92 bits per heavy atom. The van der Waals surface area contributed by atoms with Gasteiger partial charge in [-0.1, -0.05) is 15.9 Å². The first-order valence-corrected chi connectivity index (χ1v) is 10.6. The average molecular weight is 423 g/mol. The minimum atomic E-state index is 0.231. The molecule has 2 aliphatic heterocycles. The molecule has 2 aliphatic rings. The number of amides is 1. The van der Waals surface area contributed by atoms with Crippen LogP contribution in [0.15, 0.2) is 22.7 Å². The van der Waals surface area contributed by atoms with Crippen LogP contribution in [0.5, 0.6) is 5.75 Å². The lowest BCUT2D eigenvalue weighted by molar-refractivity contribution is -0.130. The first-order chi connectivity index (χ1) is 12.5. The summed E-state index contributed by atoms with van der Waals surface area (Å²) < 4.78 is 6.56. The van der Waals surface area contributed by atoms with Crippen molar-refractivity contribution in [1.29, 1.82) is 0 Å². The van der Waals surface area contributed by atoms with E-state index in [0.29, 0.717) is 0 Å². The third kappa shape index (κ3) is 5.23. The summed E-state index contributed by atoms with van der Waals surface area (Å²) in [5.41, 5.74) is 1.35. The summed E-state index contributed by atoms with van der Waals surface area (Å²) in [6.07, 6.45) is 6.03. The van der Waals surface area contributed by atoms with Crippen LogP contribution >= 0.6 is 15.9 Å². The van der Waals surface area contributed by atoms with Crippen molar-refractivity contribution in [3.05, 3.63) is 28.2 Å². The van der Waals surface area contributed by atoms with Crippen molar-refractivity contribution in [3.8, 4) is 5.75 Å². The second-order valence-electron chi connectivity index (χ2n) is 7.85. The highest BCUT2D eigenvalue weighted by Gasteiger charge is 2.25. The summed E-state index contributed by atoms with van der Waals surface area (Å²) in [7, 11) is 1.73. The Bertz CT molecular complexity index is 614. The van der Waals surface area contributed by atoms with Crippen LogP contribution in [0.4, 0.5) is 0 Å². The molecule has 0 spiro atoms. The van der Waals surface area contributed by atoms with Crippen molar-refractivity contribution in [3.63, 3.8) is 0 Å². The van der Waals surface area contributed by atoms with E-state index in [1.165, 1.54) is 55.4 Å². The normalized spacial score (nSPS) is 22.0. The third-order valence-electron chi connectivity index (χ3n) is 6.04. The minimum absolute atomic E-state index is 0.231. The number of piperidine rings is 1. The van der Waals surface area contributed by atoms with Crippen LogP contribution in [0.25, 0.3) is 0 Å². The lowest BCUT2D eigenvalue weighted by Gasteiger charge is -2.32. The number of likely N-dealkylation sites (tertiary alicyclic amines) is 2. The lowest BCUT2D eigenvalue weighted by Crippen LogP contribution is -2.37. The van der Waals surface area contributed by atoms with Crippen molar-refractivity contribution in [1.82, 2.24) is 9.80 Å². The molecule has 0 N–H and O–H groups in total. The number of rotatable bonds is 6. The topological polar surface area (TPSA) is 32.8 Å². The molecule has 3 rings (SSSR count). The van der Waals surface area contributed by atoms with Gasteiger partial charge in [0.05, 0.1) is 7.11 Å². The van der Waals surface area contributed by atoms with E-state index in [1.807, 2.05) is 11.0 Å². The van der Waals surface area contributed by atoms with Gasteiger partial charge in [-0.3, -0.25) is 4.79 Å². The molecule has 1 aromatic carbocycles. The van der Waals surface area contributed by atoms with Crippen LogP contribution in [0.2, 0.25) is 0 Å². The first-order valence-electron chi connectivity index (χ1n) is 9.85. The van der Waals surface area contributed by atoms with Crippen LogP contribution in [-0.2, 0) is 11.2 Å². The van der Waals surface area contributed by atoms with Gasteiger partial charge in [-0.2, -0.15) is 0 Å². The number of carbonyl (C=O) groups excluding carboxylic acids is 1. The molecule has 1 atom stereocenters. The van der Waals surface area contributed by atoms with Gasteiger partial charge in [0.15, 0.2) is 0 Å². The quantitative estimate of drug-likeness (QED) is 0.694. The van der Waals surface area contributed by atoms with E-state index in [-0.39, 0.29) is 5.91 Å². The number of benzene rings is 1. The summed E-state index contributed by atoms with van der Waals surface area (Å²) in [4.78, 5) is 16.1. The van der Waals surface area contributed by atoms with E-state index >= 15 is 0 Å². The molecule has 5 heteroatoms.